The molecule has 0 aliphatic rings. The Bertz CT molecular complexity index is 1270. The summed E-state index contributed by atoms with van der Waals surface area (Å²) in [6, 6.07) is 12.1. The molecule has 0 spiro atoms. The number of nitrogens with one attached hydrogen (secondary N) is 1. The third-order valence-electron chi connectivity index (χ3n) is 5.40. The van der Waals surface area contributed by atoms with E-state index in [-0.39, 0.29) is 35.4 Å². The van der Waals surface area contributed by atoms with Crippen molar-refractivity contribution in [3.8, 4) is 22.9 Å². The van der Waals surface area contributed by atoms with Crippen molar-refractivity contribution in [2.24, 2.45) is 0 Å². The minimum Gasteiger partial charge on any atom is -0.508 e. The molecule has 1 amide bonds. The van der Waals surface area contributed by atoms with Crippen LogP contribution in [0.2, 0.25) is 0 Å². The monoisotopic (exact) mass is 507 g/mol. The molecule has 3 aromatic rings. The third kappa shape index (κ3) is 7.60. The fourth-order valence-electron chi connectivity index (χ4n) is 3.59. The van der Waals surface area contributed by atoms with E-state index < -0.39 is 30.5 Å². The van der Waals surface area contributed by atoms with Crippen LogP contribution in [0.5, 0.6) is 11.5 Å². The van der Waals surface area contributed by atoms with E-state index in [0.29, 0.717) is 22.5 Å². The van der Waals surface area contributed by atoms with Crippen molar-refractivity contribution in [1.82, 2.24) is 9.97 Å². The van der Waals surface area contributed by atoms with Crippen LogP contribution in [0.4, 0.5) is 5.69 Å². The Morgan fingerprint density at radius 2 is 1.54 bits per heavy atom. The van der Waals surface area contributed by atoms with Gasteiger partial charge in [-0.3, -0.25) is 9.59 Å². The van der Waals surface area contributed by atoms with Gasteiger partial charge in [0.25, 0.3) is 5.91 Å². The molecule has 6 N–H and O–H groups in total. The smallest absolute Gasteiger partial charge is 0.305 e. The number of aliphatic hydroxyl groups excluding tert-OH is 2. The van der Waals surface area contributed by atoms with Crippen LogP contribution in [0.15, 0.2) is 54.6 Å². The zero-order valence-electron chi connectivity index (χ0n) is 20.4. The molecule has 0 fully saturated rings. The minimum atomic E-state index is -1.24. The van der Waals surface area contributed by atoms with Crippen molar-refractivity contribution >= 4 is 23.6 Å². The van der Waals surface area contributed by atoms with Crippen molar-refractivity contribution < 1.29 is 35.1 Å². The van der Waals surface area contributed by atoms with Crippen LogP contribution < -0.4 is 5.32 Å². The van der Waals surface area contributed by atoms with E-state index in [1.54, 1.807) is 12.1 Å². The van der Waals surface area contributed by atoms with E-state index in [1.807, 2.05) is 13.8 Å². The second-order valence-corrected chi connectivity index (χ2v) is 8.81. The molecule has 2 aromatic carbocycles. The normalized spacial score (nSPS) is 13.0. The molecule has 194 valence electrons. The first-order valence-electron chi connectivity index (χ1n) is 11.6. The third-order valence-corrected chi connectivity index (χ3v) is 5.40. The van der Waals surface area contributed by atoms with Gasteiger partial charge in [-0.2, -0.15) is 0 Å². The average molecular weight is 508 g/mol. The molecule has 0 radical (unpaired) electrons. The van der Waals surface area contributed by atoms with Crippen molar-refractivity contribution in [3.05, 3.63) is 71.6 Å². The van der Waals surface area contributed by atoms with Gasteiger partial charge in [-0.15, -0.1) is 0 Å². The predicted molar refractivity (Wildman–Crippen MR) is 137 cm³/mol. The lowest BCUT2D eigenvalue weighted by atomic mass is 9.99. The highest BCUT2D eigenvalue weighted by molar-refractivity contribution is 6.05. The van der Waals surface area contributed by atoms with Crippen molar-refractivity contribution in [2.75, 3.05) is 5.32 Å². The molecular formula is C27H29N3O7. The number of nitrogens with zero attached hydrogens (tertiary/aromatic N) is 2. The molecule has 0 bridgehead atoms. The topological polar surface area (TPSA) is 173 Å². The second-order valence-electron chi connectivity index (χ2n) is 8.81. The number of amides is 1. The van der Waals surface area contributed by atoms with Gasteiger partial charge in [-0.25, -0.2) is 9.97 Å². The van der Waals surface area contributed by atoms with Crippen LogP contribution in [0, 0.1) is 0 Å². The molecule has 0 saturated heterocycles. The summed E-state index contributed by atoms with van der Waals surface area (Å²) in [6.45, 7) is 3.77. The zero-order valence-corrected chi connectivity index (χ0v) is 20.4. The number of aromatic nitrogens is 2. The lowest BCUT2D eigenvalue weighted by Crippen LogP contribution is -2.20. The number of aliphatic carboxylic acids is 1. The SMILES string of the molecule is CC(C)c1nc(-c2ccc(O)cc2)nc(C(=O)Nc2ccc(O)cc2)c1/C=C/[C@@H](O)C[C@@H](O)CC(=O)O. The number of benzene rings is 2. The van der Waals surface area contributed by atoms with Gasteiger partial charge in [0.15, 0.2) is 5.82 Å². The van der Waals surface area contributed by atoms with Gasteiger partial charge in [0.1, 0.15) is 17.2 Å². The number of phenolic OH excluding ortho intramolecular Hbond substituents is 2. The van der Waals surface area contributed by atoms with Gasteiger partial charge in [0.2, 0.25) is 0 Å². The van der Waals surface area contributed by atoms with Crippen LogP contribution >= 0.6 is 0 Å². The molecule has 0 aliphatic carbocycles. The van der Waals surface area contributed by atoms with Crippen molar-refractivity contribution in [1.29, 1.82) is 0 Å². The highest BCUT2D eigenvalue weighted by atomic mass is 16.4. The summed E-state index contributed by atoms with van der Waals surface area (Å²) < 4.78 is 0. The molecule has 0 aliphatic heterocycles. The van der Waals surface area contributed by atoms with Gasteiger partial charge in [-0.05, 0) is 54.4 Å². The number of hydrogen-bond acceptors (Lipinski definition) is 8. The number of aliphatic hydroxyl groups is 2. The maximum Gasteiger partial charge on any atom is 0.305 e. The van der Waals surface area contributed by atoms with Gasteiger partial charge < -0.3 is 30.8 Å². The Morgan fingerprint density at radius 3 is 2.11 bits per heavy atom. The number of carbonyl (C=O) groups is 2. The molecule has 1 aromatic heterocycles. The minimum absolute atomic E-state index is 0.0179. The van der Waals surface area contributed by atoms with Gasteiger partial charge >= 0.3 is 5.97 Å². The van der Waals surface area contributed by atoms with Crippen molar-refractivity contribution in [2.45, 2.75) is 44.8 Å². The molecule has 0 unspecified atom stereocenters. The van der Waals surface area contributed by atoms with E-state index in [0.717, 1.165) is 0 Å². The first kappa shape index (κ1) is 27.3. The number of anilines is 1. The number of aromatic hydroxyl groups is 2. The molecular weight excluding hydrogens is 478 g/mol. The molecule has 37 heavy (non-hydrogen) atoms. The second kappa shape index (κ2) is 12.1. The summed E-state index contributed by atoms with van der Waals surface area (Å²) in [4.78, 5) is 33.3. The fraction of sp³-hybridized carbons (Fsp3) is 0.259. The Labute approximate surface area is 213 Å². The van der Waals surface area contributed by atoms with Gasteiger partial charge in [0.05, 0.1) is 24.3 Å². The first-order chi connectivity index (χ1) is 17.5. The molecule has 1 heterocycles. The van der Waals surface area contributed by atoms with E-state index in [9.17, 15) is 30.0 Å². The van der Waals surface area contributed by atoms with Crippen LogP contribution in [0.25, 0.3) is 17.5 Å². The molecule has 0 saturated carbocycles. The molecule has 3 rings (SSSR count). The molecule has 10 nitrogen and oxygen atoms in total. The summed E-state index contributed by atoms with van der Waals surface area (Å²) in [5.41, 5.74) is 1.88. The fourth-order valence-corrected chi connectivity index (χ4v) is 3.59. The van der Waals surface area contributed by atoms with E-state index in [4.69, 9.17) is 5.11 Å². The molecule has 10 heteroatoms. The summed E-state index contributed by atoms with van der Waals surface area (Å²) >= 11 is 0. The number of carbonyl (C=O) groups excluding carboxylic acids is 1. The summed E-state index contributed by atoms with van der Waals surface area (Å²) in [7, 11) is 0. The zero-order chi connectivity index (χ0) is 27.1. The number of carboxylic acid groups (broad SMARTS) is 1. The van der Waals surface area contributed by atoms with E-state index in [1.165, 1.54) is 48.6 Å². The van der Waals surface area contributed by atoms with Gasteiger partial charge in [0, 0.05) is 23.2 Å². The lowest BCUT2D eigenvalue weighted by Gasteiger charge is -2.16. The van der Waals surface area contributed by atoms with Gasteiger partial charge in [-0.1, -0.05) is 26.0 Å². The van der Waals surface area contributed by atoms with Crippen molar-refractivity contribution in [3.63, 3.8) is 0 Å². The lowest BCUT2D eigenvalue weighted by molar-refractivity contribution is -0.139. The van der Waals surface area contributed by atoms with Crippen LogP contribution in [-0.2, 0) is 4.79 Å². The Hall–Kier alpha value is -4.28. The number of phenols is 2. The molecule has 2 atom stereocenters. The largest absolute Gasteiger partial charge is 0.508 e. The Balaban J connectivity index is 2.05. The van der Waals surface area contributed by atoms with Crippen LogP contribution in [-0.4, -0.2) is 59.6 Å². The maximum absolute atomic E-state index is 13.4. The quantitative estimate of drug-likeness (QED) is 0.224. The van der Waals surface area contributed by atoms with E-state index in [2.05, 4.69) is 15.3 Å². The van der Waals surface area contributed by atoms with E-state index >= 15 is 0 Å². The Morgan fingerprint density at radius 1 is 0.946 bits per heavy atom. The summed E-state index contributed by atoms with van der Waals surface area (Å²) in [5, 5.41) is 50.9. The number of rotatable bonds is 10. The number of hydrogen-bond donors (Lipinski definition) is 6. The highest BCUT2D eigenvalue weighted by Gasteiger charge is 2.22. The van der Waals surface area contributed by atoms with Crippen LogP contribution in [0.1, 0.15) is 54.4 Å². The summed E-state index contributed by atoms with van der Waals surface area (Å²) in [6.07, 6.45) is -0.299. The Kier molecular flexibility index (Phi) is 8.94. The van der Waals surface area contributed by atoms with Crippen LogP contribution in [0.3, 0.4) is 0 Å². The first-order valence-corrected chi connectivity index (χ1v) is 11.6. The predicted octanol–water partition coefficient (Wildman–Crippen LogP) is 3.53. The maximum atomic E-state index is 13.4. The standard InChI is InChI=1S/C27H29N3O7/c1-15(2)24-22(12-11-20(33)13-21(34)14-23(35)36)25(27(37)28-17-5-9-19(32)10-6-17)30-26(29-24)16-3-7-18(31)8-4-16/h3-12,15,20-21,31-34H,13-14H2,1-2H3,(H,28,37)(H,35,36)/b12-11+/t20-,21-/m1/s1. The highest BCUT2D eigenvalue weighted by Crippen LogP contribution is 2.28. The summed E-state index contributed by atoms with van der Waals surface area (Å²) in [5.74, 6) is -1.54. The number of carboxylic acids is 1. The average Bonchev–Trinajstić information content (AvgIpc) is 2.83.